The predicted octanol–water partition coefficient (Wildman–Crippen LogP) is 10.0. The lowest BCUT2D eigenvalue weighted by atomic mass is 10.0. The SMILES string of the molecule is CCCCCCCCCCCCCCCCCC(=O)O.COC(=O)[C@H](c1ccccc1Cl)N1CCc2sccc2C1. The minimum Gasteiger partial charge on any atom is -0.481 e. The lowest BCUT2D eigenvalue weighted by Gasteiger charge is -2.33. The smallest absolute Gasteiger partial charge is 0.327 e. The summed E-state index contributed by atoms with van der Waals surface area (Å²) in [5.41, 5.74) is 2.11. The number of aliphatic carboxylic acids is 1. The number of carboxylic acid groups (broad SMARTS) is 1. The number of thiophene rings is 1. The Balaban J connectivity index is 0.000000288. The molecule has 0 saturated carbocycles. The largest absolute Gasteiger partial charge is 0.481 e. The van der Waals surface area contributed by atoms with Crippen LogP contribution in [0.15, 0.2) is 35.7 Å². The van der Waals surface area contributed by atoms with Gasteiger partial charge in [-0.15, -0.1) is 11.3 Å². The first-order chi connectivity index (χ1) is 20.0. The third kappa shape index (κ3) is 14.2. The maximum absolute atomic E-state index is 12.3. The maximum atomic E-state index is 12.3. The van der Waals surface area contributed by atoms with Crippen molar-refractivity contribution >= 4 is 34.9 Å². The fourth-order valence-corrected chi connectivity index (χ4v) is 6.55. The van der Waals surface area contributed by atoms with E-state index in [4.69, 9.17) is 21.4 Å². The molecule has 0 saturated heterocycles. The van der Waals surface area contributed by atoms with Gasteiger partial charge in [-0.2, -0.15) is 0 Å². The third-order valence-electron chi connectivity index (χ3n) is 7.82. The van der Waals surface area contributed by atoms with Crippen LogP contribution in [0, 0.1) is 0 Å². The predicted molar refractivity (Wildman–Crippen MR) is 172 cm³/mol. The molecule has 0 fully saturated rings. The zero-order valence-corrected chi connectivity index (χ0v) is 27.0. The number of carboxylic acids is 1. The number of nitrogens with zero attached hydrogens (tertiary/aromatic N) is 1. The molecule has 7 heteroatoms. The van der Waals surface area contributed by atoms with Crippen molar-refractivity contribution in [3.8, 4) is 0 Å². The molecule has 0 bridgehead atoms. The van der Waals surface area contributed by atoms with Crippen LogP contribution in [0.1, 0.15) is 132 Å². The fraction of sp³-hybridized carbons (Fsp3) is 0.647. The highest BCUT2D eigenvalue weighted by atomic mass is 35.5. The van der Waals surface area contributed by atoms with Crippen LogP contribution in [0.4, 0.5) is 0 Å². The zero-order chi connectivity index (χ0) is 29.7. The van der Waals surface area contributed by atoms with Gasteiger partial charge in [0.25, 0.3) is 0 Å². The van der Waals surface area contributed by atoms with E-state index in [1.165, 1.54) is 101 Å². The molecule has 2 aromatic rings. The van der Waals surface area contributed by atoms with Crippen molar-refractivity contribution in [2.45, 2.75) is 129 Å². The Kier molecular flexibility index (Phi) is 18.7. The molecule has 3 rings (SSSR count). The van der Waals surface area contributed by atoms with Crippen LogP contribution in [-0.2, 0) is 27.3 Å². The summed E-state index contributed by atoms with van der Waals surface area (Å²) in [7, 11) is 1.42. The molecule has 2 heterocycles. The number of carbonyl (C=O) groups excluding carboxylic acids is 1. The van der Waals surface area contributed by atoms with E-state index in [2.05, 4.69) is 23.3 Å². The first-order valence-electron chi connectivity index (χ1n) is 15.8. The summed E-state index contributed by atoms with van der Waals surface area (Å²) in [6.45, 7) is 3.86. The van der Waals surface area contributed by atoms with Gasteiger partial charge >= 0.3 is 11.9 Å². The molecule has 0 radical (unpaired) electrons. The van der Waals surface area contributed by atoms with E-state index in [9.17, 15) is 9.59 Å². The van der Waals surface area contributed by atoms with Crippen molar-refractivity contribution in [3.63, 3.8) is 0 Å². The van der Waals surface area contributed by atoms with Gasteiger partial charge in [-0.1, -0.05) is 127 Å². The summed E-state index contributed by atoms with van der Waals surface area (Å²) in [5, 5.41) is 11.2. The Morgan fingerprint density at radius 2 is 1.46 bits per heavy atom. The second-order valence-corrected chi connectivity index (χ2v) is 12.5. The van der Waals surface area contributed by atoms with Crippen LogP contribution in [0.5, 0.6) is 0 Å². The van der Waals surface area contributed by atoms with Crippen LogP contribution < -0.4 is 0 Å². The summed E-state index contributed by atoms with van der Waals surface area (Å²) in [4.78, 5) is 26.2. The molecule has 1 aliphatic heterocycles. The van der Waals surface area contributed by atoms with Gasteiger partial charge < -0.3 is 9.84 Å². The summed E-state index contributed by atoms with van der Waals surface area (Å²) in [6, 6.07) is 9.16. The van der Waals surface area contributed by atoms with Crippen molar-refractivity contribution in [3.05, 3.63) is 56.7 Å². The van der Waals surface area contributed by atoms with Crippen LogP contribution >= 0.6 is 22.9 Å². The number of methoxy groups -OCH3 is 1. The van der Waals surface area contributed by atoms with E-state index >= 15 is 0 Å². The molecule has 41 heavy (non-hydrogen) atoms. The molecule has 1 aliphatic rings. The van der Waals surface area contributed by atoms with Gasteiger partial charge in [-0.3, -0.25) is 9.69 Å². The highest BCUT2D eigenvalue weighted by Gasteiger charge is 2.32. The maximum Gasteiger partial charge on any atom is 0.327 e. The molecule has 1 atom stereocenters. The van der Waals surface area contributed by atoms with Crippen molar-refractivity contribution < 1.29 is 19.4 Å². The third-order valence-corrected chi connectivity index (χ3v) is 9.19. The Bertz CT molecular complexity index is 995. The fourth-order valence-electron chi connectivity index (χ4n) is 5.42. The number of carbonyl (C=O) groups is 2. The molecule has 1 aromatic carbocycles. The molecule has 0 aliphatic carbocycles. The number of rotatable bonds is 19. The van der Waals surface area contributed by atoms with Crippen molar-refractivity contribution in [2.24, 2.45) is 0 Å². The Morgan fingerprint density at radius 1 is 0.902 bits per heavy atom. The van der Waals surface area contributed by atoms with Gasteiger partial charge in [0.15, 0.2) is 0 Å². The minimum absolute atomic E-state index is 0.262. The molecule has 0 amide bonds. The van der Waals surface area contributed by atoms with Crippen LogP contribution in [-0.4, -0.2) is 35.6 Å². The van der Waals surface area contributed by atoms with Gasteiger partial charge in [-0.25, -0.2) is 4.79 Å². The Labute approximate surface area is 257 Å². The molecule has 1 aromatic heterocycles. The molecule has 1 N–H and O–H groups in total. The Morgan fingerprint density at radius 3 is 2.00 bits per heavy atom. The summed E-state index contributed by atoms with van der Waals surface area (Å²) in [6.07, 6.45) is 21.2. The van der Waals surface area contributed by atoms with E-state index in [1.54, 1.807) is 11.3 Å². The average molecular weight is 606 g/mol. The second kappa shape index (κ2) is 21.8. The normalized spacial score (nSPS) is 13.6. The first-order valence-corrected chi connectivity index (χ1v) is 17.1. The Hall–Kier alpha value is -1.89. The van der Waals surface area contributed by atoms with E-state index in [-0.39, 0.29) is 5.97 Å². The lowest BCUT2D eigenvalue weighted by Crippen LogP contribution is -2.38. The minimum atomic E-state index is -0.653. The number of halogens is 1. The number of esters is 1. The average Bonchev–Trinajstić information content (AvgIpc) is 3.44. The van der Waals surface area contributed by atoms with Gasteiger partial charge in [0.05, 0.1) is 7.11 Å². The van der Waals surface area contributed by atoms with E-state index in [1.807, 2.05) is 24.3 Å². The second-order valence-electron chi connectivity index (χ2n) is 11.1. The van der Waals surface area contributed by atoms with Gasteiger partial charge in [-0.05, 0) is 41.5 Å². The molecule has 230 valence electrons. The quantitative estimate of drug-likeness (QED) is 0.127. The van der Waals surface area contributed by atoms with E-state index < -0.39 is 12.0 Å². The topological polar surface area (TPSA) is 66.8 Å². The van der Waals surface area contributed by atoms with Gasteiger partial charge in [0.1, 0.15) is 6.04 Å². The summed E-state index contributed by atoms with van der Waals surface area (Å²) in [5.74, 6) is -0.915. The van der Waals surface area contributed by atoms with Crippen LogP contribution in [0.3, 0.4) is 0 Å². The van der Waals surface area contributed by atoms with Crippen LogP contribution in [0.25, 0.3) is 0 Å². The van der Waals surface area contributed by atoms with Crippen molar-refractivity contribution in [1.82, 2.24) is 4.90 Å². The van der Waals surface area contributed by atoms with E-state index in [0.717, 1.165) is 37.9 Å². The van der Waals surface area contributed by atoms with Crippen LogP contribution in [0.2, 0.25) is 5.02 Å². The monoisotopic (exact) mass is 605 g/mol. The zero-order valence-electron chi connectivity index (χ0n) is 25.4. The number of benzene rings is 1. The highest BCUT2D eigenvalue weighted by Crippen LogP contribution is 2.34. The summed E-state index contributed by atoms with van der Waals surface area (Å²) >= 11 is 8.07. The number of ether oxygens (including phenoxy) is 1. The molecule has 0 spiro atoms. The standard InChI is InChI=1S/C18H36O2.C16H16ClNO2S/c1-2-3-4-5-6-7-8-9-10-11-12-13-14-15-16-17-18(19)20;1-20-16(19)15(12-4-2-3-5-13(12)17)18-8-6-14-11(10-18)7-9-21-14/h2-17H2,1H3,(H,19,20);2-5,7,9,15H,6,8,10H2,1H3/t;15-/m.0/s1. The number of hydrogen-bond acceptors (Lipinski definition) is 5. The van der Waals surface area contributed by atoms with Gasteiger partial charge in [0, 0.05) is 29.4 Å². The lowest BCUT2D eigenvalue weighted by molar-refractivity contribution is -0.147. The molecule has 0 unspecified atom stereocenters. The number of fused-ring (bicyclic) bond motifs is 1. The first kappa shape index (κ1) is 35.3. The molecule has 5 nitrogen and oxygen atoms in total. The molecular formula is C34H52ClNO4S. The van der Waals surface area contributed by atoms with E-state index in [0.29, 0.717) is 11.4 Å². The molecular weight excluding hydrogens is 554 g/mol. The van der Waals surface area contributed by atoms with Crippen molar-refractivity contribution in [2.75, 3.05) is 13.7 Å². The number of hydrogen-bond donors (Lipinski definition) is 1. The summed E-state index contributed by atoms with van der Waals surface area (Å²) < 4.78 is 5.01. The number of unbranched alkanes of at least 4 members (excludes halogenated alkanes) is 14. The van der Waals surface area contributed by atoms with Crippen molar-refractivity contribution in [1.29, 1.82) is 0 Å². The highest BCUT2D eigenvalue weighted by molar-refractivity contribution is 7.10. The van der Waals surface area contributed by atoms with Gasteiger partial charge in [0.2, 0.25) is 0 Å².